The Morgan fingerprint density at radius 3 is 2.20 bits per heavy atom. The number of morpholine rings is 1. The molecule has 266 valence electrons. The van der Waals surface area contributed by atoms with Crippen molar-refractivity contribution >= 4 is 35.2 Å². The number of urea groups is 1. The number of rotatable bonds is 7. The van der Waals surface area contributed by atoms with Crippen molar-refractivity contribution in [2.75, 3.05) is 75.6 Å². The summed E-state index contributed by atoms with van der Waals surface area (Å²) in [6, 6.07) is 14.3. The number of carbonyl (C=O) groups is 3. The summed E-state index contributed by atoms with van der Waals surface area (Å²) in [4.78, 5) is 57.6. The molecule has 0 saturated carbocycles. The molecular weight excluding hydrogens is 636 g/mol. The second-order valence-corrected chi connectivity index (χ2v) is 14.1. The number of nitrogens with one attached hydrogen (secondary N) is 2. The monoisotopic (exact) mass is 684 g/mol. The first-order chi connectivity index (χ1) is 23.9. The van der Waals surface area contributed by atoms with E-state index in [4.69, 9.17) is 19.4 Å². The smallest absolute Gasteiger partial charge is 0.323 e. The molecule has 6 rings (SSSR count). The number of nitrogens with zero attached hydrogens (tertiary/aromatic N) is 6. The van der Waals surface area contributed by atoms with Gasteiger partial charge in [0.05, 0.1) is 31.5 Å². The zero-order valence-corrected chi connectivity index (χ0v) is 29.9. The number of likely N-dealkylation sites (tertiary alicyclic amines) is 1. The molecule has 2 N–H and O–H groups in total. The maximum atomic E-state index is 13.9. The molecule has 1 unspecified atom stereocenters. The topological polar surface area (TPSA) is 132 Å². The van der Waals surface area contributed by atoms with E-state index in [2.05, 4.69) is 41.5 Å². The van der Waals surface area contributed by atoms with E-state index in [-0.39, 0.29) is 23.7 Å². The van der Waals surface area contributed by atoms with Crippen LogP contribution >= 0.6 is 0 Å². The molecule has 2 fully saturated rings. The van der Waals surface area contributed by atoms with Gasteiger partial charge in [0, 0.05) is 54.7 Å². The summed E-state index contributed by atoms with van der Waals surface area (Å²) in [7, 11) is 4.15. The number of anilines is 3. The highest BCUT2D eigenvalue weighted by Crippen LogP contribution is 2.37. The van der Waals surface area contributed by atoms with Crippen molar-refractivity contribution in [2.24, 2.45) is 0 Å². The molecule has 0 aliphatic carbocycles. The minimum absolute atomic E-state index is 0.00447. The number of piperidine rings is 1. The number of ether oxygens (including phenoxy) is 2. The summed E-state index contributed by atoms with van der Waals surface area (Å²) in [5, 5.41) is 5.70. The van der Waals surface area contributed by atoms with Crippen molar-refractivity contribution in [3.63, 3.8) is 0 Å². The largest absolute Gasteiger partial charge is 0.469 e. The zero-order valence-electron chi connectivity index (χ0n) is 29.9. The molecule has 3 aliphatic rings. The van der Waals surface area contributed by atoms with Crippen molar-refractivity contribution < 1.29 is 23.9 Å². The molecule has 4 heterocycles. The zero-order chi connectivity index (χ0) is 35.6. The van der Waals surface area contributed by atoms with Gasteiger partial charge < -0.3 is 39.7 Å². The lowest BCUT2D eigenvalue weighted by molar-refractivity contribution is 0.0541. The normalized spacial score (nSPS) is 19.5. The van der Waals surface area contributed by atoms with Gasteiger partial charge in [-0.15, -0.1) is 0 Å². The van der Waals surface area contributed by atoms with Crippen LogP contribution in [0, 0.1) is 0 Å². The van der Waals surface area contributed by atoms with E-state index in [1.807, 2.05) is 37.8 Å². The number of hydrogen-bond donors (Lipinski definition) is 2. The minimum Gasteiger partial charge on any atom is -0.469 e. The van der Waals surface area contributed by atoms with E-state index in [0.717, 1.165) is 25.9 Å². The first-order valence-corrected chi connectivity index (χ1v) is 17.4. The predicted molar refractivity (Wildman–Crippen MR) is 193 cm³/mol. The Morgan fingerprint density at radius 1 is 0.960 bits per heavy atom. The van der Waals surface area contributed by atoms with E-state index in [1.54, 1.807) is 41.3 Å². The average Bonchev–Trinajstić information content (AvgIpc) is 3.20. The fourth-order valence-corrected chi connectivity index (χ4v) is 6.77. The highest BCUT2D eigenvalue weighted by molar-refractivity contribution is 6.03. The lowest BCUT2D eigenvalue weighted by atomic mass is 10.0. The van der Waals surface area contributed by atoms with Crippen LogP contribution in [0.15, 0.2) is 48.5 Å². The van der Waals surface area contributed by atoms with Gasteiger partial charge in [0.15, 0.2) is 0 Å². The van der Waals surface area contributed by atoms with Crippen LogP contribution in [-0.2, 0) is 4.74 Å². The Kier molecular flexibility index (Phi) is 10.3. The third-order valence-corrected chi connectivity index (χ3v) is 9.60. The molecule has 3 aliphatic heterocycles. The summed E-state index contributed by atoms with van der Waals surface area (Å²) in [6.45, 7) is 12.0. The first-order valence-electron chi connectivity index (χ1n) is 17.4. The van der Waals surface area contributed by atoms with E-state index in [9.17, 15) is 14.4 Å². The van der Waals surface area contributed by atoms with Crippen molar-refractivity contribution in [1.29, 1.82) is 0 Å². The molecule has 0 spiro atoms. The Hall–Kier alpha value is -4.75. The van der Waals surface area contributed by atoms with Gasteiger partial charge in [-0.25, -0.2) is 9.78 Å². The van der Waals surface area contributed by atoms with Gasteiger partial charge in [0.2, 0.25) is 11.8 Å². The van der Waals surface area contributed by atoms with Gasteiger partial charge in [-0.2, -0.15) is 4.98 Å². The quantitative estimate of drug-likeness (QED) is 0.360. The summed E-state index contributed by atoms with van der Waals surface area (Å²) >= 11 is 0. The van der Waals surface area contributed by atoms with E-state index >= 15 is 0 Å². The lowest BCUT2D eigenvalue weighted by Crippen LogP contribution is -2.44. The number of aromatic nitrogens is 2. The van der Waals surface area contributed by atoms with Crippen LogP contribution in [-0.4, -0.2) is 120 Å². The molecule has 0 bridgehead atoms. The second-order valence-electron chi connectivity index (χ2n) is 14.1. The van der Waals surface area contributed by atoms with E-state index in [1.165, 1.54) is 0 Å². The molecule has 3 aromatic rings. The van der Waals surface area contributed by atoms with Gasteiger partial charge in [-0.3, -0.25) is 9.59 Å². The number of carbonyl (C=O) groups excluding carboxylic acids is 3. The molecule has 0 radical (unpaired) electrons. The molecule has 1 aromatic heterocycles. The van der Waals surface area contributed by atoms with Crippen LogP contribution in [0.5, 0.6) is 5.88 Å². The van der Waals surface area contributed by atoms with E-state index in [0.29, 0.717) is 78.6 Å². The molecule has 4 amide bonds. The Labute approximate surface area is 293 Å². The van der Waals surface area contributed by atoms with Gasteiger partial charge in [-0.1, -0.05) is 12.1 Å². The predicted octanol–water partition coefficient (Wildman–Crippen LogP) is 4.81. The first kappa shape index (κ1) is 35.1. The molecule has 13 nitrogen and oxygen atoms in total. The van der Waals surface area contributed by atoms with Crippen LogP contribution in [0.25, 0.3) is 11.3 Å². The van der Waals surface area contributed by atoms with Crippen LogP contribution in [0.1, 0.15) is 61.3 Å². The number of fused-ring (bicyclic) bond motifs is 1. The van der Waals surface area contributed by atoms with Crippen molar-refractivity contribution in [2.45, 2.75) is 58.2 Å². The fraction of sp³-hybridized carbons (Fsp3) is 0.486. The van der Waals surface area contributed by atoms with Gasteiger partial charge in [0.25, 0.3) is 11.8 Å². The summed E-state index contributed by atoms with van der Waals surface area (Å²) in [5.41, 5.74) is 2.54. The highest BCUT2D eigenvalue weighted by Gasteiger charge is 2.38. The van der Waals surface area contributed by atoms with Gasteiger partial charge in [0.1, 0.15) is 11.2 Å². The minimum atomic E-state index is -0.656. The van der Waals surface area contributed by atoms with Crippen molar-refractivity contribution in [1.82, 2.24) is 24.7 Å². The van der Waals surface area contributed by atoms with Gasteiger partial charge >= 0.3 is 6.03 Å². The third-order valence-electron chi connectivity index (χ3n) is 9.60. The second kappa shape index (κ2) is 14.6. The fourth-order valence-electron chi connectivity index (χ4n) is 6.77. The van der Waals surface area contributed by atoms with Crippen LogP contribution in [0.4, 0.5) is 22.1 Å². The molecular formula is C37H48N8O5. The van der Waals surface area contributed by atoms with Crippen LogP contribution < -0.4 is 20.3 Å². The molecule has 50 heavy (non-hydrogen) atoms. The maximum Gasteiger partial charge on any atom is 0.323 e. The average molecular weight is 685 g/mol. The Morgan fingerprint density at radius 2 is 1.60 bits per heavy atom. The Balaban J connectivity index is 1.17. The molecule has 13 heteroatoms. The molecule has 2 aromatic carbocycles. The van der Waals surface area contributed by atoms with Gasteiger partial charge in [-0.05, 0) is 91.0 Å². The highest BCUT2D eigenvalue weighted by atomic mass is 16.5. The van der Waals surface area contributed by atoms with Crippen molar-refractivity contribution in [3.05, 3.63) is 59.7 Å². The molecule has 2 saturated heterocycles. The summed E-state index contributed by atoms with van der Waals surface area (Å²) in [5.74, 6) is 0.557. The number of likely N-dealkylation sites (N-methyl/N-ethyl adjacent to an activating group) is 1. The summed E-state index contributed by atoms with van der Waals surface area (Å²) < 4.78 is 12.1. The van der Waals surface area contributed by atoms with Crippen molar-refractivity contribution in [3.8, 4) is 17.1 Å². The molecule has 1 atom stereocenters. The SMILES string of the molecule is CCN1CC(C)(C)Oc2nc(N3CCOCC3C)nc(-c3ccc(NC(=O)Nc4ccc(C(=O)N5CCC(N(C)C)CC5)cc4)cc3)c2C1=O. The number of amides is 4. The Bertz CT molecular complexity index is 1700. The summed E-state index contributed by atoms with van der Waals surface area (Å²) in [6.07, 6.45) is 1.91. The van der Waals surface area contributed by atoms with Crippen LogP contribution in [0.3, 0.4) is 0 Å². The third kappa shape index (κ3) is 7.68. The maximum absolute atomic E-state index is 13.9. The van der Waals surface area contributed by atoms with E-state index < -0.39 is 11.6 Å². The lowest BCUT2D eigenvalue weighted by Gasteiger charge is -2.35. The number of hydrogen-bond acceptors (Lipinski definition) is 9. The standard InChI is InChI=1S/C37H48N8O5/c1-7-43-23-37(3,4)50-32-30(34(43)47)31(40-35(41-32)45-20-21-49-22-24(45)2)25-8-12-27(13-9-25)38-36(48)39-28-14-10-26(11-15-28)33(46)44-18-16-29(17-19-44)42(5)6/h8-15,24,29H,7,16-23H2,1-6H3,(H2,38,39,48). The number of benzene rings is 2. The van der Waals surface area contributed by atoms with Crippen LogP contribution in [0.2, 0.25) is 0 Å².